The van der Waals surface area contributed by atoms with Crippen LogP contribution < -0.4 is 21.3 Å². The van der Waals surface area contributed by atoms with E-state index in [-0.39, 0.29) is 48.9 Å². The fourth-order valence-electron chi connectivity index (χ4n) is 15.1. The van der Waals surface area contributed by atoms with Gasteiger partial charge in [0.15, 0.2) is 0 Å². The van der Waals surface area contributed by atoms with Crippen LogP contribution in [-0.2, 0) is 0 Å². The number of thiophene rings is 4. The third-order valence-electron chi connectivity index (χ3n) is 21.6. The summed E-state index contributed by atoms with van der Waals surface area (Å²) < 4.78 is 0. The molecule has 122 heavy (non-hydrogen) atoms. The molecule has 4 saturated heterocycles. The maximum Gasteiger partial charge on any atom is 0.264 e. The number of hydrogen-bond donors (Lipinski definition) is 10. The van der Waals surface area contributed by atoms with Gasteiger partial charge in [-0.1, -0.05) is 69.3 Å². The van der Waals surface area contributed by atoms with Gasteiger partial charge in [-0.3, -0.25) is 19.2 Å². The van der Waals surface area contributed by atoms with Crippen LogP contribution in [0.2, 0.25) is 0 Å². The van der Waals surface area contributed by atoms with Crippen molar-refractivity contribution in [2.24, 2.45) is 11.8 Å². The van der Waals surface area contributed by atoms with Gasteiger partial charge in [0.2, 0.25) is 23.8 Å². The number of piperidine rings is 2. The first kappa shape index (κ1) is 88.6. The highest BCUT2D eigenvalue weighted by Crippen LogP contribution is 2.37. The molecular formula is C92H104N16O10S4. The summed E-state index contributed by atoms with van der Waals surface area (Å²) in [5.41, 5.74) is 9.46. The quantitative estimate of drug-likeness (QED) is 0.0284. The zero-order chi connectivity index (χ0) is 85.9. The van der Waals surface area contributed by atoms with Gasteiger partial charge >= 0.3 is 0 Å². The maximum absolute atomic E-state index is 13.1. The number of carbonyl (C=O) groups excluding carboxylic acids is 4. The highest BCUT2D eigenvalue weighted by atomic mass is 32.1. The Labute approximate surface area is 726 Å². The third-order valence-corrected chi connectivity index (χ3v) is 26.0. The molecule has 4 aliphatic heterocycles. The lowest BCUT2D eigenvalue weighted by molar-refractivity contribution is 0.0507. The maximum atomic E-state index is 13.1. The predicted octanol–water partition coefficient (Wildman–Crippen LogP) is 17.7. The van der Waals surface area contributed by atoms with Crippen molar-refractivity contribution in [2.45, 2.75) is 149 Å². The molecule has 12 aromatic rings. The van der Waals surface area contributed by atoms with Crippen molar-refractivity contribution < 1.29 is 49.8 Å². The lowest BCUT2D eigenvalue weighted by atomic mass is 10.0. The summed E-state index contributed by atoms with van der Waals surface area (Å²) in [7, 11) is 0. The second-order valence-electron chi connectivity index (χ2n) is 31.2. The molecule has 4 aromatic carbocycles. The minimum Gasteiger partial charge on any atom is -0.394 e. The molecule has 4 aliphatic rings. The Balaban J connectivity index is 0.000000140. The molecule has 12 heterocycles. The minimum absolute atomic E-state index is 0.00116. The molecule has 7 unspecified atom stereocenters. The molecule has 0 saturated carbocycles. The van der Waals surface area contributed by atoms with Crippen LogP contribution in [0, 0.1) is 11.8 Å². The molecule has 4 fully saturated rings. The molecule has 10 N–H and O–H groups in total. The standard InChI is InChI=1S/C24H28N4O2S.C23H26N4O3S.C23H26N4O2S.C22H24N4O3S/c1-15(2)20-8-5-13-28(20)23(30)22-10-9-21(31-22)19-11-12-25-24(27-19)26-18-7-4-6-17(14-18)16(3)29;1-15(29)16-5-4-6-17(13-16)25-23-24-11-10-19(26-23)20-8-9-21(31-20)22(30)27-12-3-2-7-18(27)14-28;1-15-5-4-12-27(14-15)22(29)21-9-8-20(30-21)19-10-11-24-23(26-19)25-18-7-3-6-17(13-18)16(2)28;1-14(28)15-4-2-5-16(12-15)24-22-23-10-9-18(25-22)19-7-8-20(30-19)21(29)26-11-3-6-17(26)13-27/h4,6-7,9-12,14-16,20,29H,5,8,13H2,1-3H3,(H,25,26,27);4-6,8-11,13,15,18,28-29H,2-3,7,12,14H2,1H3,(H,24,25,26);3,6-11,13,15-16,28H,4-5,12,14H2,1-2H3,(H,24,25,26);2,4-5,7-10,12,14,17,27-28H,3,6,11,13H2,1H3,(H,23,24,25)/t;;;14?,17-/m...0/s1. The van der Waals surface area contributed by atoms with E-state index >= 15 is 0 Å². The number of carbonyl (C=O) groups is 4. The summed E-state index contributed by atoms with van der Waals surface area (Å²) >= 11 is 5.73. The molecule has 16 rings (SSSR count). The normalized spacial score (nSPS) is 17.3. The van der Waals surface area contributed by atoms with Crippen LogP contribution in [0.1, 0.15) is 192 Å². The van der Waals surface area contributed by atoms with E-state index in [0.29, 0.717) is 64.5 Å². The van der Waals surface area contributed by atoms with E-state index in [9.17, 15) is 49.8 Å². The van der Waals surface area contributed by atoms with E-state index in [1.807, 2.05) is 180 Å². The van der Waals surface area contributed by atoms with Crippen LogP contribution in [0.5, 0.6) is 0 Å². The lowest BCUT2D eigenvalue weighted by Gasteiger charge is -2.34. The SMILES string of the molecule is CC(O)c1cccc(Nc2nccc(-c3ccc(C(=O)N4CCCC4C(C)C)s3)n2)c1.CC(O)c1cccc(Nc2nccc(-c3ccc(C(=O)N4CCCCC4CO)s3)n2)c1.CC(O)c1cccc(Nc2nccc(-c3ccc(C(=O)N4CCC[C@H]4CO)s3)n2)c1.CC1CCCN(C(=O)c2ccc(-c3ccnc(Nc4cccc(C(C)O)c4)n3)s2)C1. The summed E-state index contributed by atoms with van der Waals surface area (Å²) in [5, 5.41) is 70.9. The van der Waals surface area contributed by atoms with Gasteiger partial charge in [0.25, 0.3) is 23.6 Å². The second kappa shape index (κ2) is 42.1. The summed E-state index contributed by atoms with van der Waals surface area (Å²) in [5.74, 6) is 3.02. The van der Waals surface area contributed by atoms with E-state index in [0.717, 1.165) is 168 Å². The van der Waals surface area contributed by atoms with Crippen molar-refractivity contribution in [1.82, 2.24) is 59.5 Å². The lowest BCUT2D eigenvalue weighted by Crippen LogP contribution is -2.45. The Morgan fingerprint density at radius 2 is 0.689 bits per heavy atom. The molecule has 30 heteroatoms. The van der Waals surface area contributed by atoms with E-state index in [2.05, 4.69) is 81.9 Å². The Hall–Kier alpha value is -11.2. The Kier molecular flexibility index (Phi) is 30.6. The molecule has 26 nitrogen and oxygen atoms in total. The number of nitrogens with one attached hydrogen (secondary N) is 4. The van der Waals surface area contributed by atoms with Crippen LogP contribution in [0.25, 0.3) is 42.3 Å². The number of aliphatic hydroxyl groups is 6. The molecule has 8 atom stereocenters. The van der Waals surface area contributed by atoms with Gasteiger partial charge in [-0.25, -0.2) is 39.9 Å². The van der Waals surface area contributed by atoms with Gasteiger partial charge in [-0.05, 0) is 241 Å². The van der Waals surface area contributed by atoms with Gasteiger partial charge in [-0.15, -0.1) is 45.3 Å². The molecule has 4 amide bonds. The van der Waals surface area contributed by atoms with Gasteiger partial charge in [0, 0.05) is 86.3 Å². The molecular weight excluding hydrogens is 1620 g/mol. The van der Waals surface area contributed by atoms with E-state index < -0.39 is 24.4 Å². The number of benzene rings is 4. The Morgan fingerprint density at radius 3 is 1.02 bits per heavy atom. The topological polar surface area (TPSA) is 354 Å². The number of aliphatic hydroxyl groups excluding tert-OH is 6. The van der Waals surface area contributed by atoms with E-state index in [1.165, 1.54) is 51.8 Å². The van der Waals surface area contributed by atoms with Crippen LogP contribution >= 0.6 is 45.3 Å². The van der Waals surface area contributed by atoms with Crippen molar-refractivity contribution in [3.8, 4) is 42.3 Å². The third kappa shape index (κ3) is 23.1. The fraction of sp³-hybridized carbons (Fsp3) is 0.348. The highest BCUT2D eigenvalue weighted by Gasteiger charge is 2.34. The van der Waals surface area contributed by atoms with Gasteiger partial charge in [0.05, 0.1) is 112 Å². The monoisotopic (exact) mass is 1720 g/mol. The second-order valence-corrected chi connectivity index (χ2v) is 35.5. The van der Waals surface area contributed by atoms with Gasteiger partial charge in [0.1, 0.15) is 0 Å². The van der Waals surface area contributed by atoms with Crippen LogP contribution in [0.15, 0.2) is 195 Å². The highest BCUT2D eigenvalue weighted by molar-refractivity contribution is 7.18. The molecule has 0 spiro atoms. The van der Waals surface area contributed by atoms with Crippen molar-refractivity contribution >= 4 is 116 Å². The van der Waals surface area contributed by atoms with Crippen molar-refractivity contribution in [3.05, 3.63) is 236 Å². The van der Waals surface area contributed by atoms with E-state index in [1.54, 1.807) is 62.3 Å². The zero-order valence-electron chi connectivity index (χ0n) is 69.3. The van der Waals surface area contributed by atoms with Crippen LogP contribution in [0.3, 0.4) is 0 Å². The summed E-state index contributed by atoms with van der Waals surface area (Å²) in [6.07, 6.45) is 13.6. The summed E-state index contributed by atoms with van der Waals surface area (Å²) in [6.45, 7) is 17.3. The Morgan fingerprint density at radius 1 is 0.377 bits per heavy atom. The van der Waals surface area contributed by atoms with Gasteiger partial charge in [-0.2, -0.15) is 0 Å². The smallest absolute Gasteiger partial charge is 0.264 e. The van der Waals surface area contributed by atoms with Crippen LogP contribution in [-0.4, -0.2) is 178 Å². The molecule has 0 radical (unpaired) electrons. The molecule has 636 valence electrons. The number of hydrogen-bond acceptors (Lipinski definition) is 26. The predicted molar refractivity (Wildman–Crippen MR) is 483 cm³/mol. The number of nitrogens with zero attached hydrogens (tertiary/aromatic N) is 12. The number of aromatic nitrogens is 8. The largest absolute Gasteiger partial charge is 0.394 e. The fourth-order valence-corrected chi connectivity index (χ4v) is 18.8. The van der Waals surface area contributed by atoms with Crippen molar-refractivity contribution in [2.75, 3.05) is 67.2 Å². The minimum atomic E-state index is -0.554. The first-order chi connectivity index (χ1) is 59.0. The summed E-state index contributed by atoms with van der Waals surface area (Å²) in [4.78, 5) is 101. The van der Waals surface area contributed by atoms with Gasteiger partial charge < -0.3 is 71.5 Å². The first-order valence-electron chi connectivity index (χ1n) is 41.4. The first-order valence-corrected chi connectivity index (χ1v) is 44.7. The van der Waals surface area contributed by atoms with E-state index in [4.69, 9.17) is 0 Å². The molecule has 8 aromatic heterocycles. The average Bonchev–Trinajstić information content (AvgIpc) is 1.64. The number of likely N-dealkylation sites (tertiary alicyclic amines) is 4. The molecule has 0 aliphatic carbocycles. The number of rotatable bonds is 23. The number of anilines is 8. The Bertz CT molecular complexity index is 5370. The van der Waals surface area contributed by atoms with Crippen molar-refractivity contribution in [1.29, 1.82) is 0 Å². The van der Waals surface area contributed by atoms with Crippen LogP contribution in [0.4, 0.5) is 46.5 Å². The molecule has 0 bridgehead atoms. The zero-order valence-corrected chi connectivity index (χ0v) is 72.6. The number of amides is 4. The van der Waals surface area contributed by atoms with Crippen molar-refractivity contribution in [3.63, 3.8) is 0 Å². The summed E-state index contributed by atoms with van der Waals surface area (Å²) in [6, 6.07) is 52.6. The average molecular weight is 1720 g/mol.